The second-order valence-electron chi connectivity index (χ2n) is 9.77. The largest absolute Gasteiger partial charge is 0.454 e. The highest BCUT2D eigenvalue weighted by atomic mass is 79.9. The molecule has 3 aliphatic carbocycles. The molecule has 3 aromatic rings. The van der Waals surface area contributed by atoms with Gasteiger partial charge in [-0.3, -0.25) is 24.1 Å². The molecule has 2 bridgehead atoms. The van der Waals surface area contributed by atoms with Crippen molar-refractivity contribution in [3.63, 3.8) is 0 Å². The predicted octanol–water partition coefficient (Wildman–Crippen LogP) is 4.78. The molecule has 1 N–H and O–H groups in total. The van der Waals surface area contributed by atoms with Crippen LogP contribution in [0.2, 0.25) is 5.02 Å². The number of carbonyl (C=O) groups is 4. The zero-order chi connectivity index (χ0) is 26.7. The summed E-state index contributed by atoms with van der Waals surface area (Å²) in [5.74, 6) is -3.77. The number of halogens is 2. The smallest absolute Gasteiger partial charge is 0.326 e. The average Bonchev–Trinajstić information content (AvgIpc) is 3.17. The first-order chi connectivity index (χ1) is 18.3. The van der Waals surface area contributed by atoms with E-state index in [2.05, 4.69) is 21.2 Å². The predicted molar refractivity (Wildman–Crippen MR) is 144 cm³/mol. The van der Waals surface area contributed by atoms with Gasteiger partial charge in [0, 0.05) is 22.0 Å². The van der Waals surface area contributed by atoms with E-state index >= 15 is 0 Å². The minimum Gasteiger partial charge on any atom is -0.454 e. The number of hydrogen-bond acceptors (Lipinski definition) is 5. The molecule has 38 heavy (non-hydrogen) atoms. The first-order valence-corrected chi connectivity index (χ1v) is 13.4. The standard InChI is InChI=1S/C29H22BrClN2O5/c1-14-20(11-10-19(30)27(14)31)32-21(34)13-38-22(35)12-33-28(36)25-23-15-6-2-3-7-16(15)24(26(25)29(33)37)18-9-5-4-8-17(18)23/h2-11,23-26H,12-13H2,1H3,(H,32,34)/t23?,24?,25-,26-/m0/s1. The van der Waals surface area contributed by atoms with Crippen LogP contribution in [-0.2, 0) is 23.9 Å². The van der Waals surface area contributed by atoms with Crippen LogP contribution in [0.3, 0.4) is 0 Å². The van der Waals surface area contributed by atoms with Crippen molar-refractivity contribution in [1.29, 1.82) is 0 Å². The molecule has 0 saturated carbocycles. The topological polar surface area (TPSA) is 92.8 Å². The lowest BCUT2D eigenvalue weighted by Crippen LogP contribution is -2.41. The summed E-state index contributed by atoms with van der Waals surface area (Å²) in [6.45, 7) is 0.660. The third-order valence-corrected chi connectivity index (χ3v) is 9.18. The molecule has 9 heteroatoms. The maximum Gasteiger partial charge on any atom is 0.326 e. The van der Waals surface area contributed by atoms with Gasteiger partial charge >= 0.3 is 5.97 Å². The highest BCUT2D eigenvalue weighted by Crippen LogP contribution is 2.60. The van der Waals surface area contributed by atoms with Gasteiger partial charge in [0.05, 0.1) is 16.9 Å². The molecule has 0 radical (unpaired) electrons. The number of hydrogen-bond donors (Lipinski definition) is 1. The fourth-order valence-corrected chi connectivity index (χ4v) is 6.78. The number of esters is 1. The van der Waals surface area contributed by atoms with Crippen molar-refractivity contribution in [2.45, 2.75) is 18.8 Å². The highest BCUT2D eigenvalue weighted by molar-refractivity contribution is 9.10. The molecule has 3 amide bonds. The molecule has 0 spiro atoms. The molecule has 0 unspecified atom stereocenters. The van der Waals surface area contributed by atoms with Crippen LogP contribution in [0, 0.1) is 18.8 Å². The summed E-state index contributed by atoms with van der Waals surface area (Å²) in [5, 5.41) is 3.12. The van der Waals surface area contributed by atoms with Gasteiger partial charge in [0.15, 0.2) is 6.61 Å². The van der Waals surface area contributed by atoms with Crippen molar-refractivity contribution in [1.82, 2.24) is 4.90 Å². The maximum atomic E-state index is 13.6. The van der Waals surface area contributed by atoms with Gasteiger partial charge in [-0.05, 0) is 62.8 Å². The van der Waals surface area contributed by atoms with Crippen LogP contribution in [0.1, 0.15) is 39.7 Å². The van der Waals surface area contributed by atoms with Gasteiger partial charge in [0.25, 0.3) is 5.91 Å². The van der Waals surface area contributed by atoms with Crippen molar-refractivity contribution in [3.05, 3.63) is 98.0 Å². The number of rotatable bonds is 5. The molecular formula is C29H22BrClN2O5. The number of benzene rings is 3. The molecule has 1 fully saturated rings. The number of imide groups is 1. The molecule has 0 aromatic heterocycles. The molecule has 7 rings (SSSR count). The van der Waals surface area contributed by atoms with E-state index < -0.39 is 36.9 Å². The Balaban J connectivity index is 1.17. The Labute approximate surface area is 232 Å². The Morgan fingerprint density at radius 1 is 0.895 bits per heavy atom. The Bertz CT molecular complexity index is 1420. The van der Waals surface area contributed by atoms with Crippen molar-refractivity contribution in [3.8, 4) is 0 Å². The number of carbonyl (C=O) groups excluding carboxylic acids is 4. The minimum atomic E-state index is -0.826. The Morgan fingerprint density at radius 3 is 1.89 bits per heavy atom. The first-order valence-electron chi connectivity index (χ1n) is 12.2. The number of nitrogens with zero attached hydrogens (tertiary/aromatic N) is 1. The number of amides is 3. The summed E-state index contributed by atoms with van der Waals surface area (Å²) in [4.78, 5) is 53.2. The molecule has 1 aliphatic heterocycles. The third kappa shape index (κ3) is 3.77. The summed E-state index contributed by atoms with van der Waals surface area (Å²) >= 11 is 9.52. The van der Waals surface area contributed by atoms with Gasteiger partial charge in [-0.15, -0.1) is 0 Å². The minimum absolute atomic E-state index is 0.248. The van der Waals surface area contributed by atoms with Gasteiger partial charge < -0.3 is 10.1 Å². The summed E-state index contributed by atoms with van der Waals surface area (Å²) in [5.41, 5.74) is 5.38. The van der Waals surface area contributed by atoms with Crippen molar-refractivity contribution in [2.75, 3.05) is 18.5 Å². The van der Waals surface area contributed by atoms with Crippen LogP contribution >= 0.6 is 27.5 Å². The van der Waals surface area contributed by atoms with Crippen LogP contribution in [0.4, 0.5) is 5.69 Å². The Morgan fingerprint density at radius 2 is 1.39 bits per heavy atom. The second-order valence-corrected chi connectivity index (χ2v) is 11.0. The van der Waals surface area contributed by atoms with E-state index in [1.54, 1.807) is 19.1 Å². The summed E-state index contributed by atoms with van der Waals surface area (Å²) in [6, 6.07) is 19.2. The highest BCUT2D eigenvalue weighted by Gasteiger charge is 2.61. The van der Waals surface area contributed by atoms with Crippen LogP contribution in [-0.4, -0.2) is 41.7 Å². The van der Waals surface area contributed by atoms with E-state index in [1.807, 2.05) is 48.5 Å². The van der Waals surface area contributed by atoms with E-state index in [0.717, 1.165) is 27.2 Å². The van der Waals surface area contributed by atoms with Crippen LogP contribution in [0.25, 0.3) is 0 Å². The van der Waals surface area contributed by atoms with Gasteiger partial charge in [-0.2, -0.15) is 0 Å². The molecule has 1 heterocycles. The van der Waals surface area contributed by atoms with E-state index in [1.165, 1.54) is 0 Å². The van der Waals surface area contributed by atoms with Gasteiger partial charge in [-0.25, -0.2) is 0 Å². The van der Waals surface area contributed by atoms with Crippen molar-refractivity contribution < 1.29 is 23.9 Å². The molecule has 2 atom stereocenters. The monoisotopic (exact) mass is 592 g/mol. The zero-order valence-electron chi connectivity index (χ0n) is 20.2. The Kier molecular flexibility index (Phi) is 6.12. The number of likely N-dealkylation sites (tertiary alicyclic amines) is 1. The maximum absolute atomic E-state index is 13.6. The van der Waals surface area contributed by atoms with Crippen LogP contribution in [0.5, 0.6) is 0 Å². The van der Waals surface area contributed by atoms with E-state index in [4.69, 9.17) is 16.3 Å². The molecule has 3 aromatic carbocycles. The number of nitrogens with one attached hydrogen (secondary N) is 1. The quantitative estimate of drug-likeness (QED) is 0.339. The van der Waals surface area contributed by atoms with E-state index in [-0.39, 0.29) is 23.7 Å². The first kappa shape index (κ1) is 24.8. The van der Waals surface area contributed by atoms with Gasteiger partial charge in [-0.1, -0.05) is 60.1 Å². The molecule has 1 saturated heterocycles. The fourth-order valence-electron chi connectivity index (χ4n) is 6.19. The lowest BCUT2D eigenvalue weighted by molar-refractivity contribution is -0.154. The van der Waals surface area contributed by atoms with Crippen LogP contribution < -0.4 is 5.32 Å². The third-order valence-electron chi connectivity index (χ3n) is 7.80. The molecule has 4 aliphatic rings. The Hall–Kier alpha value is -3.49. The lowest BCUT2D eigenvalue weighted by Gasteiger charge is -2.45. The van der Waals surface area contributed by atoms with Gasteiger partial charge in [0.2, 0.25) is 11.8 Å². The summed E-state index contributed by atoms with van der Waals surface area (Å²) in [6.07, 6.45) is 0. The van der Waals surface area contributed by atoms with Crippen LogP contribution in [0.15, 0.2) is 65.1 Å². The zero-order valence-corrected chi connectivity index (χ0v) is 22.6. The molecular weight excluding hydrogens is 572 g/mol. The summed E-state index contributed by atoms with van der Waals surface area (Å²) < 4.78 is 5.83. The van der Waals surface area contributed by atoms with E-state index in [9.17, 15) is 19.2 Å². The average molecular weight is 594 g/mol. The fraction of sp³-hybridized carbons (Fsp3) is 0.241. The SMILES string of the molecule is Cc1c(NC(=O)COC(=O)CN2C(=O)[C@H]3C4c5ccccc5C(c5ccccc54)[C@@H]3C2=O)ccc(Br)c1Cl. The lowest BCUT2D eigenvalue weighted by atomic mass is 9.55. The summed E-state index contributed by atoms with van der Waals surface area (Å²) in [7, 11) is 0. The number of ether oxygens (including phenoxy) is 1. The second kappa shape index (κ2) is 9.36. The van der Waals surface area contributed by atoms with Gasteiger partial charge in [0.1, 0.15) is 6.54 Å². The molecule has 192 valence electrons. The number of anilines is 1. The van der Waals surface area contributed by atoms with Crippen molar-refractivity contribution in [2.24, 2.45) is 11.8 Å². The van der Waals surface area contributed by atoms with Crippen molar-refractivity contribution >= 4 is 56.9 Å². The molecule has 7 nitrogen and oxygen atoms in total. The van der Waals surface area contributed by atoms with E-state index in [0.29, 0.717) is 20.7 Å². The normalized spacial score (nSPS) is 22.6.